The van der Waals surface area contributed by atoms with Crippen LogP contribution in [0.4, 0.5) is 0 Å². The summed E-state index contributed by atoms with van der Waals surface area (Å²) in [6.45, 7) is 4.64. The Morgan fingerprint density at radius 2 is 1.83 bits per heavy atom. The van der Waals surface area contributed by atoms with Gasteiger partial charge in [0, 0.05) is 18.7 Å². The number of piperidine rings is 1. The Labute approximate surface area is 164 Å². The van der Waals surface area contributed by atoms with Gasteiger partial charge in [-0.1, -0.05) is 41.7 Å². The predicted molar refractivity (Wildman–Crippen MR) is 102 cm³/mol. The van der Waals surface area contributed by atoms with Crippen molar-refractivity contribution < 1.29 is 9.53 Å². The monoisotopic (exact) mass is 414 g/mol. The molecule has 0 bridgehead atoms. The van der Waals surface area contributed by atoms with E-state index in [1.807, 2.05) is 4.90 Å². The number of hydrogen-bond acceptors (Lipinski definition) is 3. The fourth-order valence-corrected chi connectivity index (χ4v) is 3.30. The molecule has 1 aliphatic rings. The van der Waals surface area contributed by atoms with E-state index in [0.29, 0.717) is 20.8 Å². The zero-order chi connectivity index (χ0) is 16.8. The topological polar surface area (TPSA) is 41.6 Å². The van der Waals surface area contributed by atoms with E-state index < -0.39 is 0 Å². The van der Waals surface area contributed by atoms with E-state index in [1.54, 1.807) is 0 Å². The second-order valence-electron chi connectivity index (χ2n) is 5.55. The molecule has 0 radical (unpaired) electrons. The van der Waals surface area contributed by atoms with Crippen LogP contribution in [0.2, 0.25) is 15.1 Å². The average molecular weight is 416 g/mol. The van der Waals surface area contributed by atoms with Gasteiger partial charge in [0.1, 0.15) is 5.75 Å². The van der Waals surface area contributed by atoms with Crippen LogP contribution in [0.5, 0.6) is 5.75 Å². The van der Waals surface area contributed by atoms with Crippen molar-refractivity contribution in [3.8, 4) is 5.75 Å². The Morgan fingerprint density at radius 1 is 1.21 bits per heavy atom. The lowest BCUT2D eigenvalue weighted by molar-refractivity contribution is -0.136. The van der Waals surface area contributed by atoms with Gasteiger partial charge in [-0.3, -0.25) is 4.79 Å². The predicted octanol–water partition coefficient (Wildman–Crippen LogP) is 4.44. The van der Waals surface area contributed by atoms with Crippen LogP contribution < -0.4 is 10.1 Å². The van der Waals surface area contributed by atoms with Crippen LogP contribution in [0.15, 0.2) is 12.1 Å². The van der Waals surface area contributed by atoms with E-state index >= 15 is 0 Å². The van der Waals surface area contributed by atoms with Crippen molar-refractivity contribution >= 4 is 53.1 Å². The molecule has 1 fully saturated rings. The third-order valence-corrected chi connectivity index (χ3v) is 4.88. The molecule has 1 aliphatic heterocycles. The Hall–Kier alpha value is -0.390. The number of amides is 1. The molecule has 1 amide bonds. The van der Waals surface area contributed by atoms with E-state index in [0.717, 1.165) is 38.9 Å². The molecule has 2 rings (SSSR count). The van der Waals surface area contributed by atoms with Crippen LogP contribution in [0.25, 0.3) is 0 Å². The van der Waals surface area contributed by atoms with Gasteiger partial charge in [-0.25, -0.2) is 0 Å². The summed E-state index contributed by atoms with van der Waals surface area (Å²) in [6, 6.07) is 3.33. The number of halogens is 4. The molecule has 24 heavy (non-hydrogen) atoms. The van der Waals surface area contributed by atoms with Gasteiger partial charge in [-0.2, -0.15) is 0 Å². The lowest BCUT2D eigenvalue weighted by Crippen LogP contribution is -2.48. The molecule has 8 heteroatoms. The van der Waals surface area contributed by atoms with Gasteiger partial charge < -0.3 is 15.0 Å². The molecule has 1 aromatic rings. The minimum Gasteiger partial charge on any atom is -0.482 e. The maximum absolute atomic E-state index is 12.5. The lowest BCUT2D eigenvalue weighted by atomic mass is 10.0. The third-order valence-electron chi connectivity index (χ3n) is 3.86. The molecule has 136 valence electrons. The van der Waals surface area contributed by atoms with E-state index in [4.69, 9.17) is 39.5 Å². The highest BCUT2D eigenvalue weighted by Gasteiger charge is 2.25. The third kappa shape index (κ3) is 5.85. The van der Waals surface area contributed by atoms with Crippen LogP contribution in [0.1, 0.15) is 26.2 Å². The van der Waals surface area contributed by atoms with Crippen molar-refractivity contribution in [3.63, 3.8) is 0 Å². The van der Waals surface area contributed by atoms with E-state index in [1.165, 1.54) is 12.1 Å². The maximum atomic E-state index is 12.5. The molecule has 0 unspecified atom stereocenters. The fraction of sp³-hybridized carbons (Fsp3) is 0.562. The van der Waals surface area contributed by atoms with Gasteiger partial charge in [-0.05, 0) is 38.4 Å². The molecule has 0 aromatic heterocycles. The van der Waals surface area contributed by atoms with Crippen molar-refractivity contribution in [2.24, 2.45) is 0 Å². The highest BCUT2D eigenvalue weighted by Crippen LogP contribution is 2.33. The number of nitrogens with zero attached hydrogens (tertiary/aromatic N) is 1. The Kier molecular flexibility index (Phi) is 9.53. The maximum Gasteiger partial charge on any atom is 0.260 e. The highest BCUT2D eigenvalue weighted by molar-refractivity contribution is 6.43. The largest absolute Gasteiger partial charge is 0.482 e. The van der Waals surface area contributed by atoms with E-state index in [-0.39, 0.29) is 31.0 Å². The minimum absolute atomic E-state index is 0. The van der Waals surface area contributed by atoms with Gasteiger partial charge in [-0.15, -0.1) is 12.4 Å². The molecule has 1 heterocycles. The van der Waals surface area contributed by atoms with Crippen molar-refractivity contribution in [2.45, 2.75) is 32.2 Å². The molecular weight excluding hydrogens is 394 g/mol. The Morgan fingerprint density at radius 3 is 2.46 bits per heavy atom. The molecule has 0 saturated carbocycles. The van der Waals surface area contributed by atoms with Crippen molar-refractivity contribution in [2.75, 3.05) is 26.2 Å². The number of benzene rings is 1. The van der Waals surface area contributed by atoms with Crippen LogP contribution in [0, 0.1) is 0 Å². The second kappa shape index (κ2) is 10.6. The molecule has 0 atom stereocenters. The van der Waals surface area contributed by atoms with Crippen LogP contribution in [0.3, 0.4) is 0 Å². The smallest absolute Gasteiger partial charge is 0.260 e. The number of carbonyl (C=O) groups is 1. The zero-order valence-electron chi connectivity index (χ0n) is 13.5. The lowest BCUT2D eigenvalue weighted by Gasteiger charge is -2.34. The quantitative estimate of drug-likeness (QED) is 0.698. The normalized spacial score (nSPS) is 14.8. The summed E-state index contributed by atoms with van der Waals surface area (Å²) in [4.78, 5) is 14.5. The van der Waals surface area contributed by atoms with Crippen LogP contribution in [-0.4, -0.2) is 43.1 Å². The first-order valence-corrected chi connectivity index (χ1v) is 8.93. The van der Waals surface area contributed by atoms with Crippen molar-refractivity contribution in [1.29, 1.82) is 0 Å². The highest BCUT2D eigenvalue weighted by atomic mass is 35.5. The van der Waals surface area contributed by atoms with Crippen LogP contribution in [-0.2, 0) is 4.79 Å². The molecule has 1 N–H and O–H groups in total. The molecule has 4 nitrogen and oxygen atoms in total. The van der Waals surface area contributed by atoms with Gasteiger partial charge >= 0.3 is 0 Å². The number of carbonyl (C=O) groups excluding carboxylic acids is 1. The number of ether oxygens (including phenoxy) is 1. The first-order chi connectivity index (χ1) is 11.0. The number of hydrogen-bond donors (Lipinski definition) is 1. The Balaban J connectivity index is 0.00000288. The summed E-state index contributed by atoms with van der Waals surface area (Å²) in [5, 5.41) is 4.37. The Bertz CT molecular complexity index is 551. The van der Waals surface area contributed by atoms with Crippen LogP contribution >= 0.6 is 47.2 Å². The van der Waals surface area contributed by atoms with E-state index in [9.17, 15) is 4.79 Å². The fourth-order valence-electron chi connectivity index (χ4n) is 2.71. The summed E-state index contributed by atoms with van der Waals surface area (Å²) in [5.41, 5.74) is 0. The summed E-state index contributed by atoms with van der Waals surface area (Å²) < 4.78 is 5.57. The summed E-state index contributed by atoms with van der Waals surface area (Å²) in [5.74, 6) is 0.345. The van der Waals surface area contributed by atoms with Crippen molar-refractivity contribution in [1.82, 2.24) is 10.2 Å². The molecule has 1 aromatic carbocycles. The minimum atomic E-state index is -0.0540. The first kappa shape index (κ1) is 21.7. The summed E-state index contributed by atoms with van der Waals surface area (Å²) >= 11 is 17.9. The van der Waals surface area contributed by atoms with Gasteiger partial charge in [0.2, 0.25) is 0 Å². The molecule has 0 spiro atoms. The molecule has 0 aliphatic carbocycles. The number of nitrogens with one attached hydrogen (secondary N) is 1. The van der Waals surface area contributed by atoms with Crippen molar-refractivity contribution in [3.05, 3.63) is 27.2 Å². The van der Waals surface area contributed by atoms with Gasteiger partial charge in [0.25, 0.3) is 5.91 Å². The van der Waals surface area contributed by atoms with Gasteiger partial charge in [0.15, 0.2) is 6.61 Å². The average Bonchev–Trinajstić information content (AvgIpc) is 2.55. The van der Waals surface area contributed by atoms with E-state index in [2.05, 4.69) is 12.2 Å². The molecular formula is C16H22Cl4N2O2. The zero-order valence-corrected chi connectivity index (χ0v) is 16.6. The first-order valence-electron chi connectivity index (χ1n) is 7.80. The van der Waals surface area contributed by atoms with Gasteiger partial charge in [0.05, 0.1) is 15.1 Å². The summed E-state index contributed by atoms with van der Waals surface area (Å²) in [7, 11) is 0. The SMILES string of the molecule is CCCN(C(=O)COc1cc(Cl)c(Cl)cc1Cl)C1CCNCC1.Cl. The number of rotatable bonds is 6. The summed E-state index contributed by atoms with van der Waals surface area (Å²) in [6.07, 6.45) is 2.86. The second-order valence-corrected chi connectivity index (χ2v) is 6.78. The molecule has 1 saturated heterocycles. The standard InChI is InChI=1S/C16H21Cl3N2O2.ClH/c1-2-7-21(11-3-5-20-6-4-11)16(22)10-23-15-9-13(18)12(17)8-14(15)19;/h8-9,11,20H,2-7,10H2,1H3;1H.